The topological polar surface area (TPSA) is 54.4 Å². The minimum Gasteiger partial charge on any atom is -0.481 e. The first-order valence-electron chi connectivity index (χ1n) is 8.85. The van der Waals surface area contributed by atoms with Crippen LogP contribution in [-0.2, 0) is 9.59 Å². The molecule has 0 radical (unpaired) electrons. The highest BCUT2D eigenvalue weighted by atomic mass is 16.4. The van der Waals surface area contributed by atoms with Gasteiger partial charge in [-0.2, -0.15) is 0 Å². The molecular weight excluding hydrogens is 288 g/mol. The molecule has 0 saturated heterocycles. The Labute approximate surface area is 137 Å². The summed E-state index contributed by atoms with van der Waals surface area (Å²) in [5.74, 6) is 1.09. The monoisotopic (exact) mass is 312 g/mol. The molecule has 4 rings (SSSR count). The first kappa shape index (κ1) is 14.9. The van der Waals surface area contributed by atoms with E-state index in [1.165, 1.54) is 32.1 Å². The Kier molecular flexibility index (Phi) is 3.36. The summed E-state index contributed by atoms with van der Waals surface area (Å²) in [6, 6.07) is 0. The third kappa shape index (κ3) is 2.24. The van der Waals surface area contributed by atoms with Crippen molar-refractivity contribution in [1.82, 2.24) is 0 Å². The van der Waals surface area contributed by atoms with Gasteiger partial charge in [-0.1, -0.05) is 31.6 Å². The minimum absolute atomic E-state index is 0.122. The van der Waals surface area contributed by atoms with Crippen LogP contribution < -0.4 is 0 Å². The van der Waals surface area contributed by atoms with E-state index in [0.29, 0.717) is 22.8 Å². The van der Waals surface area contributed by atoms with Crippen molar-refractivity contribution in [2.75, 3.05) is 0 Å². The second-order valence-electron chi connectivity index (χ2n) is 8.05. The fourth-order valence-corrected chi connectivity index (χ4v) is 5.79. The van der Waals surface area contributed by atoms with Crippen LogP contribution in [0.5, 0.6) is 0 Å². The highest BCUT2D eigenvalue weighted by molar-refractivity contribution is 6.08. The normalized spacial score (nSPS) is 41.5. The van der Waals surface area contributed by atoms with Crippen LogP contribution in [-0.4, -0.2) is 16.9 Å². The third-order valence-corrected chi connectivity index (χ3v) is 6.91. The van der Waals surface area contributed by atoms with Crippen LogP contribution >= 0.6 is 0 Å². The van der Waals surface area contributed by atoms with Gasteiger partial charge in [-0.05, 0) is 60.5 Å². The number of hydrogen-bond donors (Lipinski definition) is 1. The van der Waals surface area contributed by atoms with Crippen molar-refractivity contribution in [3.63, 3.8) is 0 Å². The Bertz CT molecular complexity index is 654. The van der Waals surface area contributed by atoms with Gasteiger partial charge in [0.25, 0.3) is 0 Å². The van der Waals surface area contributed by atoms with Gasteiger partial charge >= 0.3 is 5.97 Å². The van der Waals surface area contributed by atoms with Crippen LogP contribution in [0, 0.1) is 29.1 Å². The summed E-state index contributed by atoms with van der Waals surface area (Å²) in [5.41, 5.74) is 1.97. The summed E-state index contributed by atoms with van der Waals surface area (Å²) in [6.45, 7) is 2.45. The molecule has 122 valence electrons. The van der Waals surface area contributed by atoms with Gasteiger partial charge in [0.2, 0.25) is 0 Å². The second kappa shape index (κ2) is 5.19. The Hall–Kier alpha value is -1.64. The molecule has 23 heavy (non-hydrogen) atoms. The number of carbonyl (C=O) groups is 2. The first-order valence-corrected chi connectivity index (χ1v) is 8.85. The van der Waals surface area contributed by atoms with E-state index in [1.54, 1.807) is 6.08 Å². The van der Waals surface area contributed by atoms with Gasteiger partial charge in [-0.3, -0.25) is 9.59 Å². The van der Waals surface area contributed by atoms with Crippen LogP contribution in [0.15, 0.2) is 35.5 Å². The molecule has 0 aromatic heterocycles. The van der Waals surface area contributed by atoms with Gasteiger partial charge in [-0.25, -0.2) is 0 Å². The van der Waals surface area contributed by atoms with Crippen LogP contribution in [0.4, 0.5) is 0 Å². The number of carboxylic acids is 1. The number of carboxylic acid groups (broad SMARTS) is 1. The molecule has 3 heteroatoms. The van der Waals surface area contributed by atoms with E-state index < -0.39 is 5.97 Å². The van der Waals surface area contributed by atoms with Crippen molar-refractivity contribution in [2.45, 2.75) is 45.4 Å². The van der Waals surface area contributed by atoms with Gasteiger partial charge in [0.15, 0.2) is 5.78 Å². The number of rotatable bonds is 2. The Morgan fingerprint density at radius 3 is 2.87 bits per heavy atom. The molecule has 4 aliphatic rings. The lowest BCUT2D eigenvalue weighted by atomic mass is 9.54. The zero-order valence-electron chi connectivity index (χ0n) is 13.6. The molecule has 0 aliphatic heterocycles. The van der Waals surface area contributed by atoms with Crippen molar-refractivity contribution >= 4 is 11.8 Å². The zero-order valence-corrected chi connectivity index (χ0v) is 13.6. The summed E-state index contributed by atoms with van der Waals surface area (Å²) in [5, 5.41) is 9.13. The summed E-state index contributed by atoms with van der Waals surface area (Å²) >= 11 is 0. The molecule has 1 N–H and O–H groups in total. The maximum Gasteiger partial charge on any atom is 0.307 e. The summed E-state index contributed by atoms with van der Waals surface area (Å²) in [7, 11) is 0. The van der Waals surface area contributed by atoms with Crippen molar-refractivity contribution in [3.8, 4) is 0 Å². The van der Waals surface area contributed by atoms with Crippen molar-refractivity contribution < 1.29 is 14.7 Å². The minimum atomic E-state index is -0.919. The van der Waals surface area contributed by atoms with Gasteiger partial charge < -0.3 is 5.11 Å². The van der Waals surface area contributed by atoms with Crippen molar-refractivity contribution in [2.24, 2.45) is 29.1 Å². The van der Waals surface area contributed by atoms with E-state index in [-0.39, 0.29) is 18.1 Å². The predicted octanol–water partition coefficient (Wildman–Crippen LogP) is 3.92. The number of carbonyl (C=O) groups excluding carboxylic acids is 1. The molecule has 0 spiro atoms. The molecule has 0 aromatic carbocycles. The Morgan fingerprint density at radius 1 is 1.26 bits per heavy atom. The van der Waals surface area contributed by atoms with E-state index in [0.717, 1.165) is 11.5 Å². The predicted molar refractivity (Wildman–Crippen MR) is 87.7 cm³/mol. The maximum atomic E-state index is 12.1. The lowest BCUT2D eigenvalue weighted by Gasteiger charge is -2.50. The van der Waals surface area contributed by atoms with Crippen LogP contribution in [0.25, 0.3) is 0 Å². The summed E-state index contributed by atoms with van der Waals surface area (Å²) in [6.07, 6.45) is 14.4. The van der Waals surface area contributed by atoms with Crippen molar-refractivity contribution in [1.29, 1.82) is 0 Å². The van der Waals surface area contributed by atoms with E-state index >= 15 is 0 Å². The fourth-order valence-electron chi connectivity index (χ4n) is 5.79. The SMILES string of the molecule is C[C@@]12CCC[C@H]1[C@@H]1C=CC3=C(CC(=O)O)C(=O)C=C[C@@H]3[C@H]1CC2. The number of aliphatic carboxylic acids is 1. The molecule has 2 fully saturated rings. The quantitative estimate of drug-likeness (QED) is 0.841. The summed E-state index contributed by atoms with van der Waals surface area (Å²) < 4.78 is 0. The molecule has 0 heterocycles. The fraction of sp³-hybridized carbons (Fsp3) is 0.600. The van der Waals surface area contributed by atoms with Crippen LogP contribution in [0.1, 0.15) is 45.4 Å². The summed E-state index contributed by atoms with van der Waals surface area (Å²) in [4.78, 5) is 23.3. The maximum absolute atomic E-state index is 12.1. The zero-order chi connectivity index (χ0) is 16.2. The molecule has 5 atom stereocenters. The first-order chi connectivity index (χ1) is 11.0. The number of ketones is 1. The Balaban J connectivity index is 1.73. The highest BCUT2D eigenvalue weighted by Gasteiger charge is 2.51. The standard InChI is InChI=1S/C20H24O3/c1-20-9-2-3-17(20)15-5-4-13-12(14(15)8-10-20)6-7-18(21)16(13)11-19(22)23/h4-7,12,14-15,17H,2-3,8-11H2,1H3,(H,22,23)/t12-,14+,15+,17-,20-/m0/s1. The molecule has 0 unspecified atom stereocenters. The largest absolute Gasteiger partial charge is 0.481 e. The van der Waals surface area contributed by atoms with Gasteiger partial charge in [0, 0.05) is 11.5 Å². The molecule has 0 aromatic rings. The van der Waals surface area contributed by atoms with Gasteiger partial charge in [-0.15, -0.1) is 0 Å². The van der Waals surface area contributed by atoms with Gasteiger partial charge in [0.05, 0.1) is 6.42 Å². The average molecular weight is 312 g/mol. The van der Waals surface area contributed by atoms with Crippen LogP contribution in [0.3, 0.4) is 0 Å². The highest BCUT2D eigenvalue weighted by Crippen LogP contribution is 2.60. The van der Waals surface area contributed by atoms with E-state index in [1.807, 2.05) is 6.08 Å². The van der Waals surface area contributed by atoms with Gasteiger partial charge in [0.1, 0.15) is 0 Å². The second-order valence-corrected chi connectivity index (χ2v) is 8.05. The van der Waals surface area contributed by atoms with E-state index in [2.05, 4.69) is 19.1 Å². The van der Waals surface area contributed by atoms with Crippen LogP contribution in [0.2, 0.25) is 0 Å². The molecule has 3 nitrogen and oxygen atoms in total. The number of allylic oxidation sites excluding steroid dienone is 5. The molecule has 4 aliphatic carbocycles. The molecular formula is C20H24O3. The van der Waals surface area contributed by atoms with Crippen molar-refractivity contribution in [3.05, 3.63) is 35.5 Å². The lowest BCUT2D eigenvalue weighted by Crippen LogP contribution is -2.42. The lowest BCUT2D eigenvalue weighted by molar-refractivity contribution is -0.136. The smallest absolute Gasteiger partial charge is 0.307 e. The molecule has 2 saturated carbocycles. The average Bonchev–Trinajstić information content (AvgIpc) is 2.91. The van der Waals surface area contributed by atoms with E-state index in [4.69, 9.17) is 5.11 Å². The molecule has 0 bridgehead atoms. The third-order valence-electron chi connectivity index (χ3n) is 6.91. The molecule has 0 amide bonds. The van der Waals surface area contributed by atoms with E-state index in [9.17, 15) is 9.59 Å². The number of hydrogen-bond acceptors (Lipinski definition) is 2. The Morgan fingerprint density at radius 2 is 2.09 bits per heavy atom. The number of fused-ring (bicyclic) bond motifs is 5.